The molecule has 0 aromatic carbocycles. The van der Waals surface area contributed by atoms with Gasteiger partial charge in [0.2, 0.25) is 5.91 Å². The van der Waals surface area contributed by atoms with Gasteiger partial charge < -0.3 is 9.80 Å². The molecule has 3 fully saturated rings. The summed E-state index contributed by atoms with van der Waals surface area (Å²) in [6.07, 6.45) is 10.1. The smallest absolute Gasteiger partial charge is 0.272 e. The summed E-state index contributed by atoms with van der Waals surface area (Å²) < 4.78 is 1.70. The standard InChI is InChI=1S/C22H34N4O2/c1-17-14-19(24(2)23-17)21(28)26-15-18(22(16-26)10-4-3-5-11-22)8-9-20(27)25-12-6-7-13-25/h14,18H,3-13,15-16H2,1-2H3. The lowest BCUT2D eigenvalue weighted by atomic mass is 9.66. The van der Waals surface area contributed by atoms with E-state index in [9.17, 15) is 9.59 Å². The number of hydrogen-bond donors (Lipinski definition) is 0. The van der Waals surface area contributed by atoms with Gasteiger partial charge in [0.05, 0.1) is 5.69 Å². The van der Waals surface area contributed by atoms with Crippen LogP contribution < -0.4 is 0 Å². The maximum atomic E-state index is 13.2. The Bertz CT molecular complexity index is 729. The quantitative estimate of drug-likeness (QED) is 0.799. The van der Waals surface area contributed by atoms with Crippen molar-refractivity contribution in [3.63, 3.8) is 0 Å². The number of carbonyl (C=O) groups excluding carboxylic acids is 2. The van der Waals surface area contributed by atoms with Crippen LogP contribution in [0.2, 0.25) is 0 Å². The second-order valence-electron chi connectivity index (χ2n) is 9.23. The molecule has 3 heterocycles. The van der Waals surface area contributed by atoms with Gasteiger partial charge in [-0.1, -0.05) is 19.3 Å². The zero-order valence-electron chi connectivity index (χ0n) is 17.5. The fraction of sp³-hybridized carbons (Fsp3) is 0.773. The predicted octanol–water partition coefficient (Wildman–Crippen LogP) is 3.15. The number of aromatic nitrogens is 2. The average molecular weight is 387 g/mol. The molecule has 0 radical (unpaired) electrons. The SMILES string of the molecule is Cc1cc(C(=O)N2CC(CCC(=O)N3CCCC3)C3(CCCCC3)C2)n(C)n1. The molecule has 2 amide bonds. The fourth-order valence-corrected chi connectivity index (χ4v) is 5.80. The molecule has 1 aliphatic carbocycles. The van der Waals surface area contributed by atoms with Crippen molar-refractivity contribution < 1.29 is 9.59 Å². The highest BCUT2D eigenvalue weighted by Gasteiger charge is 2.48. The van der Waals surface area contributed by atoms with Crippen LogP contribution in [0.25, 0.3) is 0 Å². The van der Waals surface area contributed by atoms with Crippen molar-refractivity contribution >= 4 is 11.8 Å². The van der Waals surface area contributed by atoms with Crippen molar-refractivity contribution in [3.8, 4) is 0 Å². The fourth-order valence-electron chi connectivity index (χ4n) is 5.80. The number of amides is 2. The molecular weight excluding hydrogens is 352 g/mol. The Morgan fingerprint density at radius 1 is 1.11 bits per heavy atom. The molecule has 1 aromatic heterocycles. The Balaban J connectivity index is 1.47. The van der Waals surface area contributed by atoms with Gasteiger partial charge in [-0.2, -0.15) is 5.10 Å². The number of rotatable bonds is 4. The molecule has 2 aliphatic heterocycles. The van der Waals surface area contributed by atoms with Gasteiger partial charge >= 0.3 is 0 Å². The lowest BCUT2D eigenvalue weighted by Crippen LogP contribution is -2.35. The van der Waals surface area contributed by atoms with Gasteiger partial charge in [-0.25, -0.2) is 0 Å². The second-order valence-corrected chi connectivity index (χ2v) is 9.23. The molecule has 28 heavy (non-hydrogen) atoms. The Kier molecular flexibility index (Phi) is 5.48. The minimum absolute atomic E-state index is 0.0985. The molecule has 0 bridgehead atoms. The van der Waals surface area contributed by atoms with Gasteiger partial charge in [-0.05, 0) is 56.4 Å². The minimum Gasteiger partial charge on any atom is -0.343 e. The van der Waals surface area contributed by atoms with E-state index in [0.717, 1.165) is 51.1 Å². The van der Waals surface area contributed by atoms with E-state index >= 15 is 0 Å². The van der Waals surface area contributed by atoms with Gasteiger partial charge in [0, 0.05) is 39.6 Å². The van der Waals surface area contributed by atoms with Gasteiger partial charge in [0.1, 0.15) is 5.69 Å². The van der Waals surface area contributed by atoms with E-state index in [-0.39, 0.29) is 11.3 Å². The van der Waals surface area contributed by atoms with Crippen LogP contribution >= 0.6 is 0 Å². The normalized spacial score (nSPS) is 24.3. The minimum atomic E-state index is 0.0985. The summed E-state index contributed by atoms with van der Waals surface area (Å²) in [7, 11) is 1.85. The number of hydrogen-bond acceptors (Lipinski definition) is 3. The van der Waals surface area contributed by atoms with Crippen LogP contribution in [-0.4, -0.2) is 57.6 Å². The van der Waals surface area contributed by atoms with Gasteiger partial charge in [0.15, 0.2) is 0 Å². The maximum Gasteiger partial charge on any atom is 0.272 e. The molecule has 0 N–H and O–H groups in total. The first-order valence-corrected chi connectivity index (χ1v) is 11.1. The van der Waals surface area contributed by atoms with Crippen molar-refractivity contribution in [1.29, 1.82) is 0 Å². The summed E-state index contributed by atoms with van der Waals surface area (Å²) in [5.74, 6) is 0.856. The van der Waals surface area contributed by atoms with Gasteiger partial charge in [-0.3, -0.25) is 14.3 Å². The van der Waals surface area contributed by atoms with Crippen molar-refractivity contribution in [2.24, 2.45) is 18.4 Å². The highest BCUT2D eigenvalue weighted by Crippen LogP contribution is 2.49. The molecule has 6 heteroatoms. The van der Waals surface area contributed by atoms with E-state index in [1.54, 1.807) is 4.68 Å². The number of nitrogens with zero attached hydrogens (tertiary/aromatic N) is 4. The van der Waals surface area contributed by atoms with Crippen molar-refractivity contribution in [1.82, 2.24) is 19.6 Å². The monoisotopic (exact) mass is 386 g/mol. The summed E-state index contributed by atoms with van der Waals surface area (Å²) in [5.41, 5.74) is 1.77. The van der Waals surface area contributed by atoms with E-state index in [0.29, 0.717) is 23.9 Å². The molecule has 4 rings (SSSR count). The Morgan fingerprint density at radius 2 is 1.82 bits per heavy atom. The molecule has 1 aromatic rings. The van der Waals surface area contributed by atoms with Crippen molar-refractivity contribution in [2.75, 3.05) is 26.2 Å². The lowest BCUT2D eigenvalue weighted by molar-refractivity contribution is -0.130. The number of aryl methyl sites for hydroxylation is 2. The topological polar surface area (TPSA) is 58.4 Å². The van der Waals surface area contributed by atoms with Crippen LogP contribution in [0.4, 0.5) is 0 Å². The van der Waals surface area contributed by atoms with Gasteiger partial charge in [-0.15, -0.1) is 0 Å². The Labute approximate surface area is 168 Å². The van der Waals surface area contributed by atoms with E-state index in [1.165, 1.54) is 32.1 Å². The maximum absolute atomic E-state index is 13.2. The Hall–Kier alpha value is -1.85. The molecule has 1 saturated carbocycles. The summed E-state index contributed by atoms with van der Waals surface area (Å²) >= 11 is 0. The number of carbonyl (C=O) groups is 2. The van der Waals surface area contributed by atoms with Gasteiger partial charge in [0.25, 0.3) is 5.91 Å². The molecule has 1 atom stereocenters. The van der Waals surface area contributed by atoms with E-state index in [2.05, 4.69) is 5.10 Å². The van der Waals surface area contributed by atoms with Crippen LogP contribution in [0.3, 0.4) is 0 Å². The summed E-state index contributed by atoms with van der Waals surface area (Å²) in [6, 6.07) is 1.89. The van der Waals surface area contributed by atoms with Crippen LogP contribution in [-0.2, 0) is 11.8 Å². The van der Waals surface area contributed by atoms with Crippen molar-refractivity contribution in [3.05, 3.63) is 17.5 Å². The predicted molar refractivity (Wildman–Crippen MR) is 108 cm³/mol. The van der Waals surface area contributed by atoms with E-state index in [4.69, 9.17) is 0 Å². The third-order valence-electron chi connectivity index (χ3n) is 7.34. The van der Waals surface area contributed by atoms with Crippen LogP contribution in [0.5, 0.6) is 0 Å². The first kappa shape index (κ1) is 19.5. The molecule has 6 nitrogen and oxygen atoms in total. The molecule has 3 aliphatic rings. The highest BCUT2D eigenvalue weighted by atomic mass is 16.2. The zero-order chi connectivity index (χ0) is 19.7. The zero-order valence-corrected chi connectivity index (χ0v) is 17.5. The summed E-state index contributed by atoms with van der Waals surface area (Å²) in [5, 5.41) is 4.35. The molecule has 1 unspecified atom stereocenters. The lowest BCUT2D eigenvalue weighted by Gasteiger charge is -2.38. The summed E-state index contributed by atoms with van der Waals surface area (Å²) in [4.78, 5) is 29.9. The number of likely N-dealkylation sites (tertiary alicyclic amines) is 2. The third kappa shape index (κ3) is 3.70. The van der Waals surface area contributed by atoms with Crippen molar-refractivity contribution in [2.45, 2.75) is 64.7 Å². The average Bonchev–Trinajstić information content (AvgIpc) is 3.40. The third-order valence-corrected chi connectivity index (χ3v) is 7.34. The first-order valence-electron chi connectivity index (χ1n) is 11.1. The van der Waals surface area contributed by atoms with E-state index in [1.807, 2.05) is 29.8 Å². The summed E-state index contributed by atoms with van der Waals surface area (Å²) in [6.45, 7) is 5.42. The molecule has 2 saturated heterocycles. The first-order chi connectivity index (χ1) is 13.5. The highest BCUT2D eigenvalue weighted by molar-refractivity contribution is 5.93. The molecule has 154 valence electrons. The van der Waals surface area contributed by atoms with Crippen LogP contribution in [0.15, 0.2) is 6.07 Å². The second kappa shape index (κ2) is 7.88. The van der Waals surface area contributed by atoms with Crippen LogP contribution in [0, 0.1) is 18.3 Å². The molecular formula is C22H34N4O2. The van der Waals surface area contributed by atoms with E-state index < -0.39 is 0 Å². The molecule has 1 spiro atoms. The van der Waals surface area contributed by atoms with Crippen LogP contribution in [0.1, 0.15) is 74.0 Å². The largest absolute Gasteiger partial charge is 0.343 e. The Morgan fingerprint density at radius 3 is 2.46 bits per heavy atom.